The number of nitrogens with two attached hydrogens (primary N) is 1. The second-order valence-electron chi connectivity index (χ2n) is 6.38. The summed E-state index contributed by atoms with van der Waals surface area (Å²) >= 11 is 0. The molecule has 2 rings (SSSR count). The van der Waals surface area contributed by atoms with Crippen molar-refractivity contribution in [3.63, 3.8) is 0 Å². The molecule has 1 unspecified atom stereocenters. The topological polar surface area (TPSA) is 91.0 Å². The average molecular weight is 350 g/mol. The van der Waals surface area contributed by atoms with Gasteiger partial charge in [0.25, 0.3) is 0 Å². The largest absolute Gasteiger partial charge is 0.392 e. The lowest BCUT2D eigenvalue weighted by molar-refractivity contribution is -0.119. The predicted octanol–water partition coefficient (Wildman–Crippen LogP) is 1.37. The van der Waals surface area contributed by atoms with Crippen LogP contribution in [0.5, 0.6) is 0 Å². The van der Waals surface area contributed by atoms with Gasteiger partial charge in [0.2, 0.25) is 5.91 Å². The first-order chi connectivity index (χ1) is 12.0. The molecule has 138 valence electrons. The van der Waals surface area contributed by atoms with E-state index in [1.807, 2.05) is 6.92 Å². The molecule has 1 aromatic carbocycles. The van der Waals surface area contributed by atoms with Crippen LogP contribution in [0.15, 0.2) is 23.2 Å². The normalized spacial score (nSPS) is 18.3. The average Bonchev–Trinajstić information content (AvgIpc) is 2.59. The molecule has 25 heavy (non-hydrogen) atoms. The number of nitrogens with zero attached hydrogens (tertiary/aromatic N) is 2. The summed E-state index contributed by atoms with van der Waals surface area (Å²) in [7, 11) is 0. The highest BCUT2D eigenvalue weighted by Crippen LogP contribution is 2.19. The van der Waals surface area contributed by atoms with E-state index >= 15 is 0 Å². The standard InChI is InChI=1S/C18H27FN4O2/c1-2-21-18(23-7-3-4-14(11-23)9-17(20)25)22-10-13-5-6-16(19)15(8-13)12-24/h5-6,8,14,24H,2-4,7,9-12H2,1H3,(H2,20,25)(H,21,22). The van der Waals surface area contributed by atoms with Crippen LogP contribution in [0.3, 0.4) is 0 Å². The number of nitrogens with one attached hydrogen (secondary N) is 1. The van der Waals surface area contributed by atoms with Crippen molar-refractivity contribution >= 4 is 11.9 Å². The number of aliphatic hydroxyl groups is 1. The molecule has 4 N–H and O–H groups in total. The summed E-state index contributed by atoms with van der Waals surface area (Å²) in [6.07, 6.45) is 2.39. The minimum absolute atomic E-state index is 0.252. The van der Waals surface area contributed by atoms with Gasteiger partial charge in [-0.25, -0.2) is 9.38 Å². The van der Waals surface area contributed by atoms with Crippen LogP contribution in [0.1, 0.15) is 37.3 Å². The van der Waals surface area contributed by atoms with Crippen LogP contribution in [0, 0.1) is 11.7 Å². The number of primary amides is 1. The van der Waals surface area contributed by atoms with E-state index in [0.29, 0.717) is 13.0 Å². The summed E-state index contributed by atoms with van der Waals surface area (Å²) in [5.74, 6) is 0.359. The van der Waals surface area contributed by atoms with Crippen molar-refractivity contribution in [1.29, 1.82) is 0 Å². The van der Waals surface area contributed by atoms with Gasteiger partial charge < -0.3 is 21.1 Å². The number of carbonyl (C=O) groups is 1. The van der Waals surface area contributed by atoms with Gasteiger partial charge in [-0.15, -0.1) is 0 Å². The van der Waals surface area contributed by atoms with E-state index in [4.69, 9.17) is 5.73 Å². The molecule has 1 atom stereocenters. The SMILES string of the molecule is CCNC(=NCc1ccc(F)c(CO)c1)N1CCCC(CC(N)=O)C1. The molecule has 7 heteroatoms. The Morgan fingerprint density at radius 3 is 3.00 bits per heavy atom. The molecule has 1 heterocycles. The Bertz CT molecular complexity index is 621. The second kappa shape index (κ2) is 9.36. The first-order valence-corrected chi connectivity index (χ1v) is 8.73. The molecule has 0 spiro atoms. The summed E-state index contributed by atoms with van der Waals surface area (Å²) in [4.78, 5) is 18.0. The fraction of sp³-hybridized carbons (Fsp3) is 0.556. The Morgan fingerprint density at radius 1 is 1.52 bits per heavy atom. The van der Waals surface area contributed by atoms with Crippen LogP contribution in [0.25, 0.3) is 0 Å². The summed E-state index contributed by atoms with van der Waals surface area (Å²) in [6, 6.07) is 4.66. The number of aliphatic imine (C=N–C) groups is 1. The van der Waals surface area contributed by atoms with Gasteiger partial charge >= 0.3 is 0 Å². The van der Waals surface area contributed by atoms with Crippen molar-refractivity contribution in [3.05, 3.63) is 35.1 Å². The van der Waals surface area contributed by atoms with Gasteiger partial charge in [-0.1, -0.05) is 6.07 Å². The Labute approximate surface area is 147 Å². The first kappa shape index (κ1) is 19.2. The third-order valence-electron chi connectivity index (χ3n) is 4.34. The molecular formula is C18H27FN4O2. The highest BCUT2D eigenvalue weighted by molar-refractivity contribution is 5.80. The maximum Gasteiger partial charge on any atom is 0.217 e. The maximum atomic E-state index is 13.5. The molecule has 1 aromatic rings. The number of aliphatic hydroxyl groups excluding tert-OH is 1. The number of amides is 1. The van der Waals surface area contributed by atoms with Crippen molar-refractivity contribution in [1.82, 2.24) is 10.2 Å². The maximum absolute atomic E-state index is 13.5. The number of halogens is 1. The Hall–Kier alpha value is -2.15. The van der Waals surface area contributed by atoms with Crippen LogP contribution >= 0.6 is 0 Å². The van der Waals surface area contributed by atoms with Gasteiger partial charge in [0.15, 0.2) is 5.96 Å². The van der Waals surface area contributed by atoms with Crippen molar-refractivity contribution in [2.75, 3.05) is 19.6 Å². The molecular weight excluding hydrogens is 323 g/mol. The second-order valence-corrected chi connectivity index (χ2v) is 6.38. The molecule has 0 aliphatic carbocycles. The number of guanidine groups is 1. The highest BCUT2D eigenvalue weighted by atomic mass is 19.1. The van der Waals surface area contributed by atoms with E-state index in [1.54, 1.807) is 12.1 Å². The zero-order chi connectivity index (χ0) is 18.2. The summed E-state index contributed by atoms with van der Waals surface area (Å²) in [5.41, 5.74) is 6.44. The van der Waals surface area contributed by atoms with Crippen LogP contribution in [0.2, 0.25) is 0 Å². The number of carbonyl (C=O) groups excluding carboxylic acids is 1. The van der Waals surface area contributed by atoms with E-state index in [-0.39, 0.29) is 24.0 Å². The predicted molar refractivity (Wildman–Crippen MR) is 95.2 cm³/mol. The quantitative estimate of drug-likeness (QED) is 0.534. The number of piperidine rings is 1. The Balaban J connectivity index is 2.08. The smallest absolute Gasteiger partial charge is 0.217 e. The van der Waals surface area contributed by atoms with Crippen LogP contribution in [-0.4, -0.2) is 41.5 Å². The minimum atomic E-state index is -0.410. The molecule has 1 aliphatic rings. The summed E-state index contributed by atoms with van der Waals surface area (Å²) in [5, 5.41) is 12.4. The van der Waals surface area contributed by atoms with Crippen LogP contribution in [0.4, 0.5) is 4.39 Å². The lowest BCUT2D eigenvalue weighted by Gasteiger charge is -2.34. The van der Waals surface area contributed by atoms with E-state index < -0.39 is 5.82 Å². The minimum Gasteiger partial charge on any atom is -0.392 e. The van der Waals surface area contributed by atoms with E-state index in [1.165, 1.54) is 6.07 Å². The lowest BCUT2D eigenvalue weighted by Crippen LogP contribution is -2.47. The van der Waals surface area contributed by atoms with Gasteiger partial charge in [-0.2, -0.15) is 0 Å². The third kappa shape index (κ3) is 5.70. The number of rotatable bonds is 6. The molecule has 6 nitrogen and oxygen atoms in total. The molecule has 0 bridgehead atoms. The van der Waals surface area contributed by atoms with Gasteiger partial charge in [0, 0.05) is 31.6 Å². The molecule has 0 saturated carbocycles. The Kier molecular flexibility index (Phi) is 7.18. The van der Waals surface area contributed by atoms with Gasteiger partial charge in [-0.3, -0.25) is 4.79 Å². The third-order valence-corrected chi connectivity index (χ3v) is 4.34. The van der Waals surface area contributed by atoms with Crippen LogP contribution < -0.4 is 11.1 Å². The number of hydrogen-bond donors (Lipinski definition) is 3. The van der Waals surface area contributed by atoms with Gasteiger partial charge in [0.1, 0.15) is 5.82 Å². The van der Waals surface area contributed by atoms with E-state index in [2.05, 4.69) is 15.2 Å². The van der Waals surface area contributed by atoms with Crippen molar-refractivity contribution < 1.29 is 14.3 Å². The van der Waals surface area contributed by atoms with Gasteiger partial charge in [0.05, 0.1) is 13.2 Å². The Morgan fingerprint density at radius 2 is 2.32 bits per heavy atom. The molecule has 1 fully saturated rings. The van der Waals surface area contributed by atoms with Crippen molar-refractivity contribution in [2.24, 2.45) is 16.6 Å². The number of likely N-dealkylation sites (tertiary alicyclic amines) is 1. The summed E-state index contributed by atoms with van der Waals surface area (Å²) in [6.45, 7) is 4.44. The first-order valence-electron chi connectivity index (χ1n) is 8.73. The molecule has 1 aliphatic heterocycles. The summed E-state index contributed by atoms with van der Waals surface area (Å²) < 4.78 is 13.5. The lowest BCUT2D eigenvalue weighted by atomic mass is 9.95. The zero-order valence-electron chi connectivity index (χ0n) is 14.7. The van der Waals surface area contributed by atoms with E-state index in [9.17, 15) is 14.3 Å². The highest BCUT2D eigenvalue weighted by Gasteiger charge is 2.23. The molecule has 1 saturated heterocycles. The van der Waals surface area contributed by atoms with Crippen molar-refractivity contribution in [3.8, 4) is 0 Å². The van der Waals surface area contributed by atoms with E-state index in [0.717, 1.165) is 44.0 Å². The number of benzene rings is 1. The molecule has 0 aromatic heterocycles. The fourth-order valence-corrected chi connectivity index (χ4v) is 3.15. The van der Waals surface area contributed by atoms with Crippen LogP contribution in [-0.2, 0) is 17.9 Å². The zero-order valence-corrected chi connectivity index (χ0v) is 14.7. The molecule has 1 amide bonds. The van der Waals surface area contributed by atoms with Gasteiger partial charge in [-0.05, 0) is 43.4 Å². The number of hydrogen-bond acceptors (Lipinski definition) is 3. The molecule has 0 radical (unpaired) electrons. The monoisotopic (exact) mass is 350 g/mol. The fourth-order valence-electron chi connectivity index (χ4n) is 3.15. The van der Waals surface area contributed by atoms with Crippen molar-refractivity contribution in [2.45, 2.75) is 39.3 Å².